The first-order valence-corrected chi connectivity index (χ1v) is 12.1. The minimum Gasteiger partial charge on any atom is -0.488 e. The van der Waals surface area contributed by atoms with Gasteiger partial charge in [0, 0.05) is 12.8 Å². The molecule has 196 valence electrons. The van der Waals surface area contributed by atoms with Gasteiger partial charge in [-0.1, -0.05) is 29.3 Å². The van der Waals surface area contributed by atoms with Crippen molar-refractivity contribution < 1.29 is 39.1 Å². The minimum atomic E-state index is -1.56. The predicted molar refractivity (Wildman–Crippen MR) is 131 cm³/mol. The van der Waals surface area contributed by atoms with Gasteiger partial charge in [0.25, 0.3) is 0 Å². The van der Waals surface area contributed by atoms with E-state index in [9.17, 15) is 20.1 Å². The van der Waals surface area contributed by atoms with Gasteiger partial charge in [0.15, 0.2) is 18.1 Å². The van der Waals surface area contributed by atoms with Crippen molar-refractivity contribution in [1.82, 2.24) is 4.90 Å². The fraction of sp³-hybridized carbons (Fsp3) is 0.500. The van der Waals surface area contributed by atoms with Crippen LogP contribution in [0.3, 0.4) is 0 Å². The van der Waals surface area contributed by atoms with Gasteiger partial charge in [-0.2, -0.15) is 0 Å². The number of hydrogen-bond acceptors (Lipinski definition) is 10. The second kappa shape index (κ2) is 11.1. The standard InChI is InChI=1S/C24H28Cl2N2O8/c1-11-5-4-6-17-27-13(8-28(11)17)10-34-21-15(25)7-14(12(2)18(21)26)23(32)36-22-20(31)19(30)16(9-29)35-24(22)33-3/h4-7,13,16,19-20,22,24,29-31H,8-10H2,1-3H3/t13?,16-,19-,20+,22-,24+/m1/s1. The molecular weight excluding hydrogens is 515 g/mol. The molecular formula is C24H28Cl2N2O8. The molecule has 0 aliphatic carbocycles. The molecule has 0 bridgehead atoms. The number of ether oxygens (including phenoxy) is 4. The molecule has 1 aromatic rings. The van der Waals surface area contributed by atoms with Crippen molar-refractivity contribution in [2.75, 3.05) is 26.9 Å². The van der Waals surface area contributed by atoms with E-state index in [1.807, 2.05) is 25.2 Å². The van der Waals surface area contributed by atoms with E-state index in [0.717, 1.165) is 11.5 Å². The Labute approximate surface area is 218 Å². The van der Waals surface area contributed by atoms with E-state index < -0.39 is 43.3 Å². The number of allylic oxidation sites excluding steroid dienone is 3. The molecule has 0 saturated carbocycles. The number of aliphatic hydroxyl groups excluding tert-OH is 3. The van der Waals surface area contributed by atoms with E-state index >= 15 is 0 Å². The lowest BCUT2D eigenvalue weighted by atomic mass is 9.99. The molecule has 10 nitrogen and oxygen atoms in total. The first-order valence-electron chi connectivity index (χ1n) is 11.3. The number of benzene rings is 1. The smallest absolute Gasteiger partial charge is 0.339 e. The molecule has 1 fully saturated rings. The van der Waals surface area contributed by atoms with Gasteiger partial charge in [0.2, 0.25) is 0 Å². The number of methoxy groups -OCH3 is 1. The zero-order chi connectivity index (χ0) is 26.1. The molecule has 3 aliphatic heterocycles. The molecule has 1 unspecified atom stereocenters. The lowest BCUT2D eigenvalue weighted by Gasteiger charge is -2.40. The molecule has 0 spiro atoms. The summed E-state index contributed by atoms with van der Waals surface area (Å²) >= 11 is 12.9. The van der Waals surface area contributed by atoms with Crippen LogP contribution in [0.1, 0.15) is 22.8 Å². The van der Waals surface area contributed by atoms with Crippen molar-refractivity contribution in [3.63, 3.8) is 0 Å². The summed E-state index contributed by atoms with van der Waals surface area (Å²) in [6, 6.07) is 1.24. The molecule has 3 N–H and O–H groups in total. The molecule has 0 aromatic heterocycles. The van der Waals surface area contributed by atoms with Crippen LogP contribution in [0.15, 0.2) is 35.0 Å². The summed E-state index contributed by atoms with van der Waals surface area (Å²) < 4.78 is 21.9. The van der Waals surface area contributed by atoms with Crippen LogP contribution in [0.4, 0.5) is 0 Å². The van der Waals surface area contributed by atoms with Crippen LogP contribution in [-0.4, -0.2) is 95.6 Å². The SMILES string of the molecule is CO[C@H]1O[C@H](CO)[C@@H](O)[C@H](O)[C@H]1OC(=O)c1cc(Cl)c(OCC2CN3C(C)=CC=CC3=N2)c(Cl)c1C. The maximum absolute atomic E-state index is 13.0. The maximum atomic E-state index is 13.0. The van der Waals surface area contributed by atoms with Gasteiger partial charge in [-0.05, 0) is 37.6 Å². The van der Waals surface area contributed by atoms with Gasteiger partial charge >= 0.3 is 5.97 Å². The zero-order valence-electron chi connectivity index (χ0n) is 19.9. The Hall–Kier alpha value is -2.18. The summed E-state index contributed by atoms with van der Waals surface area (Å²) in [4.78, 5) is 19.7. The van der Waals surface area contributed by atoms with E-state index in [1.165, 1.54) is 13.2 Å². The van der Waals surface area contributed by atoms with Crippen molar-refractivity contribution >= 4 is 35.0 Å². The molecule has 3 heterocycles. The molecule has 0 amide bonds. The Morgan fingerprint density at radius 1 is 1.28 bits per heavy atom. The molecule has 4 rings (SSSR count). The number of esters is 1. The Bertz CT molecular complexity index is 1110. The van der Waals surface area contributed by atoms with Crippen LogP contribution in [0, 0.1) is 6.92 Å². The van der Waals surface area contributed by atoms with E-state index in [-0.39, 0.29) is 34.0 Å². The lowest BCUT2D eigenvalue weighted by molar-refractivity contribution is -0.293. The molecule has 0 radical (unpaired) electrons. The highest BCUT2D eigenvalue weighted by molar-refractivity contribution is 6.38. The highest BCUT2D eigenvalue weighted by Crippen LogP contribution is 2.38. The second-order valence-electron chi connectivity index (χ2n) is 8.72. The van der Waals surface area contributed by atoms with Gasteiger partial charge in [-0.3, -0.25) is 4.99 Å². The number of carbonyl (C=O) groups excluding carboxylic acids is 1. The summed E-state index contributed by atoms with van der Waals surface area (Å²) in [6.45, 7) is 3.96. The number of halogens is 2. The number of aliphatic hydroxyl groups is 3. The van der Waals surface area contributed by atoms with Crippen LogP contribution in [0.25, 0.3) is 0 Å². The average Bonchev–Trinajstić information content (AvgIpc) is 3.29. The third kappa shape index (κ3) is 5.12. The zero-order valence-corrected chi connectivity index (χ0v) is 21.4. The van der Waals surface area contributed by atoms with E-state index in [4.69, 9.17) is 42.1 Å². The summed E-state index contributed by atoms with van der Waals surface area (Å²) in [5, 5.41) is 30.1. The number of amidine groups is 1. The van der Waals surface area contributed by atoms with Gasteiger partial charge in [-0.25, -0.2) is 4.79 Å². The first kappa shape index (κ1) is 26.9. The Kier molecular flexibility index (Phi) is 8.25. The fourth-order valence-electron chi connectivity index (χ4n) is 4.29. The van der Waals surface area contributed by atoms with Gasteiger partial charge in [0.05, 0.1) is 28.8 Å². The average molecular weight is 543 g/mol. The highest BCUT2D eigenvalue weighted by Gasteiger charge is 2.47. The van der Waals surface area contributed by atoms with Crippen LogP contribution < -0.4 is 4.74 Å². The van der Waals surface area contributed by atoms with Gasteiger partial charge in [-0.15, -0.1) is 0 Å². The Balaban J connectivity index is 1.47. The molecule has 3 aliphatic rings. The van der Waals surface area contributed by atoms with Crippen molar-refractivity contribution in [3.05, 3.63) is 51.2 Å². The van der Waals surface area contributed by atoms with Crippen LogP contribution >= 0.6 is 23.2 Å². The van der Waals surface area contributed by atoms with Crippen LogP contribution in [0.2, 0.25) is 10.0 Å². The van der Waals surface area contributed by atoms with Gasteiger partial charge < -0.3 is 39.2 Å². The number of nitrogens with zero attached hydrogens (tertiary/aromatic N) is 2. The predicted octanol–water partition coefficient (Wildman–Crippen LogP) is 1.85. The van der Waals surface area contributed by atoms with Crippen molar-refractivity contribution in [2.45, 2.75) is 50.6 Å². The molecule has 1 saturated heterocycles. The number of carbonyl (C=O) groups is 1. The fourth-order valence-corrected chi connectivity index (χ4v) is 4.85. The summed E-state index contributed by atoms with van der Waals surface area (Å²) in [7, 11) is 1.28. The van der Waals surface area contributed by atoms with E-state index in [0.29, 0.717) is 12.1 Å². The minimum absolute atomic E-state index is 0.0438. The molecule has 36 heavy (non-hydrogen) atoms. The highest BCUT2D eigenvalue weighted by atomic mass is 35.5. The van der Waals surface area contributed by atoms with E-state index in [2.05, 4.69) is 9.89 Å². The third-order valence-electron chi connectivity index (χ3n) is 6.35. The van der Waals surface area contributed by atoms with E-state index in [1.54, 1.807) is 6.92 Å². The quantitative estimate of drug-likeness (QED) is 0.441. The number of hydrogen-bond donors (Lipinski definition) is 3. The number of fused-ring (bicyclic) bond motifs is 1. The second-order valence-corrected chi connectivity index (χ2v) is 9.50. The lowest BCUT2D eigenvalue weighted by Crippen LogP contribution is -2.60. The maximum Gasteiger partial charge on any atom is 0.339 e. The third-order valence-corrected chi connectivity index (χ3v) is 7.09. The molecule has 12 heteroatoms. The number of aliphatic imine (C=N–C) groups is 1. The summed E-state index contributed by atoms with van der Waals surface area (Å²) in [5.41, 5.74) is 1.49. The molecule has 6 atom stereocenters. The van der Waals surface area contributed by atoms with Crippen LogP contribution in [0.5, 0.6) is 5.75 Å². The first-order chi connectivity index (χ1) is 17.2. The summed E-state index contributed by atoms with van der Waals surface area (Å²) in [5.74, 6) is 0.228. The summed E-state index contributed by atoms with van der Waals surface area (Å²) in [6.07, 6.45) is -0.819. The van der Waals surface area contributed by atoms with Gasteiger partial charge in [0.1, 0.15) is 36.8 Å². The number of rotatable bonds is 7. The van der Waals surface area contributed by atoms with Crippen molar-refractivity contribution in [3.8, 4) is 5.75 Å². The van der Waals surface area contributed by atoms with Crippen molar-refractivity contribution in [1.29, 1.82) is 0 Å². The Morgan fingerprint density at radius 2 is 2.03 bits per heavy atom. The largest absolute Gasteiger partial charge is 0.488 e. The van der Waals surface area contributed by atoms with Crippen LogP contribution in [-0.2, 0) is 14.2 Å². The Morgan fingerprint density at radius 3 is 2.69 bits per heavy atom. The molecule has 1 aromatic carbocycles. The normalized spacial score (nSPS) is 29.5. The monoisotopic (exact) mass is 542 g/mol. The van der Waals surface area contributed by atoms with Crippen molar-refractivity contribution in [2.24, 2.45) is 4.99 Å². The topological polar surface area (TPSA) is 130 Å².